The van der Waals surface area contributed by atoms with Gasteiger partial charge in [0.15, 0.2) is 0 Å². The quantitative estimate of drug-likeness (QED) is 0.366. The predicted octanol–water partition coefficient (Wildman–Crippen LogP) is 3.42. The van der Waals surface area contributed by atoms with Crippen LogP contribution in [0.25, 0.3) is 16.7 Å². The van der Waals surface area contributed by atoms with E-state index in [-0.39, 0.29) is 22.6 Å². The monoisotopic (exact) mass is 501 g/mol. The van der Waals surface area contributed by atoms with E-state index in [0.29, 0.717) is 22.3 Å². The predicted molar refractivity (Wildman–Crippen MR) is 122 cm³/mol. The molecule has 0 saturated heterocycles. The molecule has 0 bridgehead atoms. The Morgan fingerprint density at radius 1 is 0.857 bits per heavy atom. The number of nitrogens with one attached hydrogen (secondary N) is 2. The summed E-state index contributed by atoms with van der Waals surface area (Å²) in [5.41, 5.74) is 1.68. The Labute approximate surface area is 198 Å². The average Bonchev–Trinajstić information content (AvgIpc) is 2.80. The van der Waals surface area contributed by atoms with E-state index in [1.165, 1.54) is 36.5 Å². The van der Waals surface area contributed by atoms with Crippen LogP contribution in [0.2, 0.25) is 0 Å². The first kappa shape index (κ1) is 24.2. The number of benzene rings is 3. The van der Waals surface area contributed by atoms with Crippen molar-refractivity contribution in [3.63, 3.8) is 0 Å². The van der Waals surface area contributed by atoms with Crippen molar-refractivity contribution >= 4 is 27.4 Å². The van der Waals surface area contributed by atoms with E-state index >= 15 is 0 Å². The van der Waals surface area contributed by atoms with Gasteiger partial charge in [0.05, 0.1) is 16.0 Å². The summed E-state index contributed by atoms with van der Waals surface area (Å²) in [6.45, 7) is 0.240. The Morgan fingerprint density at radius 3 is 2.09 bits per heavy atom. The van der Waals surface area contributed by atoms with Gasteiger partial charge in [-0.05, 0) is 53.1 Å². The van der Waals surface area contributed by atoms with Gasteiger partial charge in [0.25, 0.3) is 11.8 Å². The fraction of sp³-hybridized carbons (Fsp3) is 0.0833. The second kappa shape index (κ2) is 9.01. The van der Waals surface area contributed by atoms with E-state index < -0.39 is 33.6 Å². The van der Waals surface area contributed by atoms with Gasteiger partial charge in [-0.25, -0.2) is 13.6 Å². The van der Waals surface area contributed by atoms with Crippen molar-refractivity contribution in [2.24, 2.45) is 5.14 Å². The molecule has 4 N–H and O–H groups in total. The summed E-state index contributed by atoms with van der Waals surface area (Å²) >= 11 is 0. The molecule has 3 aromatic carbocycles. The number of primary sulfonamides is 1. The van der Waals surface area contributed by atoms with Crippen molar-refractivity contribution in [1.29, 1.82) is 0 Å². The molecule has 7 nitrogen and oxygen atoms in total. The van der Waals surface area contributed by atoms with Gasteiger partial charge in [-0.2, -0.15) is 13.2 Å². The summed E-state index contributed by atoms with van der Waals surface area (Å²) in [6, 6.07) is 15.1. The molecule has 0 fully saturated rings. The zero-order valence-corrected chi connectivity index (χ0v) is 18.7. The number of amides is 2. The first-order valence-corrected chi connectivity index (χ1v) is 11.7. The molecule has 0 atom stereocenters. The molecule has 1 aliphatic heterocycles. The van der Waals surface area contributed by atoms with Crippen molar-refractivity contribution in [3.8, 4) is 11.1 Å². The molecule has 0 spiro atoms. The number of fused-ring (bicyclic) bond motifs is 1. The number of halogens is 3. The molecule has 180 valence electrons. The maximum atomic E-state index is 12.9. The number of nitrogens with two attached hydrogens (primary N) is 1. The van der Waals surface area contributed by atoms with Crippen LogP contribution in [0, 0.1) is 0 Å². The van der Waals surface area contributed by atoms with Crippen LogP contribution in [0.15, 0.2) is 77.8 Å². The fourth-order valence-corrected chi connectivity index (χ4v) is 4.08. The smallest absolute Gasteiger partial charge is 0.386 e. The Morgan fingerprint density at radius 2 is 1.49 bits per heavy atom. The molecule has 0 aliphatic carbocycles. The summed E-state index contributed by atoms with van der Waals surface area (Å²) in [5, 5.41) is 10.3. The summed E-state index contributed by atoms with van der Waals surface area (Å²) < 4.78 is 61.3. The summed E-state index contributed by atoms with van der Waals surface area (Å²) in [6.07, 6.45) is -3.04. The van der Waals surface area contributed by atoms with E-state index in [1.807, 2.05) is 0 Å². The molecule has 0 saturated carbocycles. The van der Waals surface area contributed by atoms with Gasteiger partial charge in [-0.15, -0.1) is 0 Å². The molecule has 11 heteroatoms. The molecular formula is C24H18F3N3O4S. The SMILES string of the molecule is NS(=O)(=O)c1ccc(CN/C=C2\C(=O)NC(=O)c3ccc(-c4ccc(C(F)(F)F)cc4)cc32)cc1. The van der Waals surface area contributed by atoms with Crippen LogP contribution in [0.5, 0.6) is 0 Å². The standard InChI is InChI=1S/C24H18F3N3O4S/c25-24(26,27)17-6-3-15(4-7-17)16-5-10-19-20(11-16)21(23(32)30-22(19)31)13-29-12-14-1-8-18(9-2-14)35(28,33)34/h1-11,13,29H,12H2,(H2,28,33,34)(H,30,31,32)/b21-13-. The molecular weight excluding hydrogens is 483 g/mol. The van der Waals surface area contributed by atoms with Gasteiger partial charge in [0.1, 0.15) is 0 Å². The van der Waals surface area contributed by atoms with E-state index in [2.05, 4.69) is 10.6 Å². The molecule has 0 unspecified atom stereocenters. The molecule has 35 heavy (non-hydrogen) atoms. The molecule has 2 amide bonds. The average molecular weight is 501 g/mol. The lowest BCUT2D eigenvalue weighted by Crippen LogP contribution is -2.37. The molecule has 1 heterocycles. The lowest BCUT2D eigenvalue weighted by molar-refractivity contribution is -0.137. The molecule has 4 rings (SSSR count). The minimum Gasteiger partial charge on any atom is -0.386 e. The van der Waals surface area contributed by atoms with Crippen molar-refractivity contribution in [2.75, 3.05) is 0 Å². The van der Waals surface area contributed by atoms with Gasteiger partial charge < -0.3 is 5.32 Å². The normalized spacial score (nSPS) is 15.0. The Bertz CT molecular complexity index is 1450. The van der Waals surface area contributed by atoms with Crippen LogP contribution in [0.1, 0.15) is 27.0 Å². The lowest BCUT2D eigenvalue weighted by Gasteiger charge is -2.19. The first-order chi connectivity index (χ1) is 16.4. The second-order valence-electron chi connectivity index (χ2n) is 7.75. The van der Waals surface area contributed by atoms with Crippen molar-refractivity contribution < 1.29 is 31.2 Å². The molecule has 0 aromatic heterocycles. The number of carbonyl (C=O) groups is 2. The van der Waals surface area contributed by atoms with Crippen molar-refractivity contribution in [3.05, 3.63) is 95.2 Å². The fourth-order valence-electron chi connectivity index (χ4n) is 3.57. The maximum Gasteiger partial charge on any atom is 0.416 e. The number of hydrogen-bond acceptors (Lipinski definition) is 5. The Hall–Kier alpha value is -3.96. The van der Waals surface area contributed by atoms with Crippen LogP contribution >= 0.6 is 0 Å². The number of rotatable bonds is 5. The Balaban J connectivity index is 1.61. The third kappa shape index (κ3) is 5.26. The van der Waals surface area contributed by atoms with Crippen LogP contribution in [0.4, 0.5) is 13.2 Å². The van der Waals surface area contributed by atoms with Gasteiger partial charge in [0, 0.05) is 23.9 Å². The summed E-state index contributed by atoms with van der Waals surface area (Å²) in [4.78, 5) is 24.8. The highest BCUT2D eigenvalue weighted by Gasteiger charge is 2.30. The molecule has 1 aliphatic rings. The van der Waals surface area contributed by atoms with E-state index in [4.69, 9.17) is 5.14 Å². The largest absolute Gasteiger partial charge is 0.416 e. The summed E-state index contributed by atoms with van der Waals surface area (Å²) in [7, 11) is -3.81. The highest BCUT2D eigenvalue weighted by atomic mass is 32.2. The first-order valence-electron chi connectivity index (χ1n) is 10.2. The number of alkyl halides is 3. The third-order valence-corrected chi connectivity index (χ3v) is 6.31. The van der Waals surface area contributed by atoms with Crippen molar-refractivity contribution in [1.82, 2.24) is 10.6 Å². The highest BCUT2D eigenvalue weighted by molar-refractivity contribution is 7.89. The third-order valence-electron chi connectivity index (χ3n) is 5.38. The van der Waals surface area contributed by atoms with E-state index in [1.54, 1.807) is 24.3 Å². The number of imide groups is 1. The van der Waals surface area contributed by atoms with E-state index in [9.17, 15) is 31.2 Å². The lowest BCUT2D eigenvalue weighted by atomic mass is 9.91. The Kier molecular flexibility index (Phi) is 6.22. The van der Waals surface area contributed by atoms with Gasteiger partial charge in [-0.1, -0.05) is 30.3 Å². The number of carbonyl (C=O) groups excluding carboxylic acids is 2. The minimum atomic E-state index is -4.46. The molecule has 0 radical (unpaired) electrons. The topological polar surface area (TPSA) is 118 Å². The van der Waals surface area contributed by atoms with E-state index in [0.717, 1.165) is 12.1 Å². The minimum absolute atomic E-state index is 0.0329. The molecule has 3 aromatic rings. The zero-order valence-electron chi connectivity index (χ0n) is 17.9. The van der Waals surface area contributed by atoms with Gasteiger partial charge in [0.2, 0.25) is 10.0 Å². The van der Waals surface area contributed by atoms with Crippen molar-refractivity contribution in [2.45, 2.75) is 17.6 Å². The summed E-state index contributed by atoms with van der Waals surface area (Å²) in [5.74, 6) is -1.22. The van der Waals surface area contributed by atoms with Crippen LogP contribution < -0.4 is 15.8 Å². The van der Waals surface area contributed by atoms with Gasteiger partial charge in [-0.3, -0.25) is 14.9 Å². The maximum absolute atomic E-state index is 12.9. The second-order valence-corrected chi connectivity index (χ2v) is 9.31. The van der Waals surface area contributed by atoms with Crippen LogP contribution in [-0.2, 0) is 27.5 Å². The van der Waals surface area contributed by atoms with Gasteiger partial charge >= 0.3 is 6.18 Å². The number of sulfonamides is 1. The van der Waals surface area contributed by atoms with Crippen LogP contribution in [0.3, 0.4) is 0 Å². The van der Waals surface area contributed by atoms with Crippen LogP contribution in [-0.4, -0.2) is 20.2 Å². The zero-order chi connectivity index (χ0) is 25.4. The highest BCUT2D eigenvalue weighted by Crippen LogP contribution is 2.33. The number of hydrogen-bond donors (Lipinski definition) is 3.